The van der Waals surface area contributed by atoms with E-state index in [1.807, 2.05) is 38.4 Å². The molecule has 2 aromatic rings. The van der Waals surface area contributed by atoms with Crippen molar-refractivity contribution in [2.24, 2.45) is 5.92 Å². The molecule has 3 rings (SSSR count). The maximum atomic E-state index is 13.4. The molecule has 176 valence electrons. The summed E-state index contributed by atoms with van der Waals surface area (Å²) in [5.41, 5.74) is 0.875. The summed E-state index contributed by atoms with van der Waals surface area (Å²) in [4.78, 5) is 30.4. The molecule has 0 aromatic carbocycles. The van der Waals surface area contributed by atoms with Gasteiger partial charge in [-0.15, -0.1) is 0 Å². The largest absolute Gasteiger partial charge is 0.444 e. The molecule has 2 heterocycles. The van der Waals surface area contributed by atoms with Gasteiger partial charge in [-0.2, -0.15) is 5.10 Å². The molecule has 1 aliphatic rings. The first-order chi connectivity index (χ1) is 14.9. The van der Waals surface area contributed by atoms with Crippen molar-refractivity contribution in [2.75, 3.05) is 6.54 Å². The van der Waals surface area contributed by atoms with Crippen LogP contribution in [-0.2, 0) is 4.74 Å². The van der Waals surface area contributed by atoms with Crippen LogP contribution in [0.25, 0.3) is 11.0 Å². The normalized spacial score (nSPS) is 21.6. The second-order valence-corrected chi connectivity index (χ2v) is 10.3. The minimum Gasteiger partial charge on any atom is -0.444 e. The van der Waals surface area contributed by atoms with Crippen LogP contribution >= 0.6 is 0 Å². The monoisotopic (exact) mass is 443 g/mol. The van der Waals surface area contributed by atoms with Gasteiger partial charge < -0.3 is 15.4 Å². The van der Waals surface area contributed by atoms with E-state index in [9.17, 15) is 9.59 Å². The topological polar surface area (TPSA) is 98.1 Å². The van der Waals surface area contributed by atoms with Gasteiger partial charge in [-0.05, 0) is 66.4 Å². The standard InChI is InChI=1S/C24H37N5O3/c1-15(2)29-20-18(13-26-29)12-19(17(4)27-20)21(30)28-24(11-9-8-10-16(24)3)14-25-22(31)32-23(5,6)7/h12-13,15-16H,8-11,14H2,1-7H3,(H,25,31)(H,28,30). The average Bonchev–Trinajstić information content (AvgIpc) is 3.09. The SMILES string of the molecule is Cc1nc2c(cnn2C(C)C)cc1C(=O)NC1(CNC(=O)OC(C)(C)C)CCCCC1C. The highest BCUT2D eigenvalue weighted by molar-refractivity contribution is 5.98. The number of aryl methyl sites for hydroxylation is 1. The molecule has 0 bridgehead atoms. The third-order valence-electron chi connectivity index (χ3n) is 6.26. The van der Waals surface area contributed by atoms with E-state index in [0.29, 0.717) is 17.8 Å². The van der Waals surface area contributed by atoms with Gasteiger partial charge in [0.2, 0.25) is 0 Å². The number of alkyl carbamates (subject to hydrolysis) is 1. The Kier molecular flexibility index (Phi) is 6.81. The maximum absolute atomic E-state index is 13.4. The molecule has 0 saturated heterocycles. The Labute approximate surface area is 190 Å². The van der Waals surface area contributed by atoms with Crippen LogP contribution in [0, 0.1) is 12.8 Å². The zero-order chi connectivity index (χ0) is 23.7. The molecule has 2 aromatic heterocycles. The first-order valence-electron chi connectivity index (χ1n) is 11.6. The summed E-state index contributed by atoms with van der Waals surface area (Å²) < 4.78 is 7.27. The van der Waals surface area contributed by atoms with Gasteiger partial charge in [-0.1, -0.05) is 19.8 Å². The van der Waals surface area contributed by atoms with E-state index < -0.39 is 17.2 Å². The zero-order valence-corrected chi connectivity index (χ0v) is 20.4. The highest BCUT2D eigenvalue weighted by atomic mass is 16.6. The molecule has 32 heavy (non-hydrogen) atoms. The number of hydrogen-bond donors (Lipinski definition) is 2. The fraction of sp³-hybridized carbons (Fsp3) is 0.667. The number of nitrogens with one attached hydrogen (secondary N) is 2. The number of carbonyl (C=O) groups is 2. The minimum absolute atomic E-state index is 0.172. The molecule has 1 saturated carbocycles. The van der Waals surface area contributed by atoms with E-state index in [1.165, 1.54) is 0 Å². The molecule has 0 aliphatic heterocycles. The van der Waals surface area contributed by atoms with Gasteiger partial charge in [0, 0.05) is 18.0 Å². The van der Waals surface area contributed by atoms with Crippen molar-refractivity contribution >= 4 is 23.0 Å². The van der Waals surface area contributed by atoms with Crippen LogP contribution in [0.5, 0.6) is 0 Å². The van der Waals surface area contributed by atoms with E-state index in [4.69, 9.17) is 4.74 Å². The summed E-state index contributed by atoms with van der Waals surface area (Å²) in [7, 11) is 0. The predicted octanol–water partition coefficient (Wildman–Crippen LogP) is 4.52. The molecular formula is C24H37N5O3. The van der Waals surface area contributed by atoms with Gasteiger partial charge in [0.1, 0.15) is 5.60 Å². The molecule has 2 unspecified atom stereocenters. The number of pyridine rings is 1. The molecule has 0 radical (unpaired) electrons. The number of ether oxygens (including phenoxy) is 1. The molecule has 2 N–H and O–H groups in total. The molecule has 2 amide bonds. The van der Waals surface area contributed by atoms with Gasteiger partial charge >= 0.3 is 6.09 Å². The van der Waals surface area contributed by atoms with Gasteiger partial charge in [-0.3, -0.25) is 4.79 Å². The summed E-state index contributed by atoms with van der Waals surface area (Å²) in [6, 6.07) is 2.05. The van der Waals surface area contributed by atoms with Crippen molar-refractivity contribution in [3.63, 3.8) is 0 Å². The van der Waals surface area contributed by atoms with Crippen LogP contribution < -0.4 is 10.6 Å². The van der Waals surface area contributed by atoms with Crippen molar-refractivity contribution in [2.45, 2.75) is 91.3 Å². The summed E-state index contributed by atoms with van der Waals surface area (Å²) >= 11 is 0. The van der Waals surface area contributed by atoms with E-state index in [0.717, 1.165) is 36.7 Å². The van der Waals surface area contributed by atoms with Crippen LogP contribution in [-0.4, -0.2) is 44.4 Å². The number of rotatable bonds is 5. The Balaban J connectivity index is 1.84. The predicted molar refractivity (Wildman–Crippen MR) is 125 cm³/mol. The fourth-order valence-corrected chi connectivity index (χ4v) is 4.42. The number of nitrogens with zero attached hydrogens (tertiary/aromatic N) is 3. The Bertz CT molecular complexity index is 991. The van der Waals surface area contributed by atoms with E-state index in [2.05, 4.69) is 41.5 Å². The van der Waals surface area contributed by atoms with Crippen LogP contribution in [0.3, 0.4) is 0 Å². The lowest BCUT2D eigenvalue weighted by molar-refractivity contribution is 0.0469. The van der Waals surface area contributed by atoms with Gasteiger partial charge in [0.25, 0.3) is 5.91 Å². The van der Waals surface area contributed by atoms with E-state index in [1.54, 1.807) is 6.20 Å². The third kappa shape index (κ3) is 5.22. The van der Waals surface area contributed by atoms with Crippen LogP contribution in [0.1, 0.15) is 89.3 Å². The van der Waals surface area contributed by atoms with Crippen LogP contribution in [0.2, 0.25) is 0 Å². The summed E-state index contributed by atoms with van der Waals surface area (Å²) in [5.74, 6) is 0.0461. The lowest BCUT2D eigenvalue weighted by Gasteiger charge is -2.43. The second kappa shape index (κ2) is 9.08. The molecule has 1 aliphatic carbocycles. The summed E-state index contributed by atoms with van der Waals surface area (Å²) in [6.45, 7) is 13.9. The first-order valence-corrected chi connectivity index (χ1v) is 11.6. The second-order valence-electron chi connectivity index (χ2n) is 10.3. The first kappa shape index (κ1) is 24.0. The highest BCUT2D eigenvalue weighted by Crippen LogP contribution is 2.34. The smallest absolute Gasteiger partial charge is 0.407 e. The van der Waals surface area contributed by atoms with Crippen molar-refractivity contribution in [3.8, 4) is 0 Å². The number of aromatic nitrogens is 3. The Morgan fingerprint density at radius 3 is 2.66 bits per heavy atom. The lowest BCUT2D eigenvalue weighted by Crippen LogP contribution is -2.61. The zero-order valence-electron chi connectivity index (χ0n) is 20.4. The van der Waals surface area contributed by atoms with Crippen LogP contribution in [0.4, 0.5) is 4.79 Å². The van der Waals surface area contributed by atoms with Crippen molar-refractivity contribution in [1.29, 1.82) is 0 Å². The average molecular weight is 444 g/mol. The quantitative estimate of drug-likeness (QED) is 0.708. The highest BCUT2D eigenvalue weighted by Gasteiger charge is 2.40. The van der Waals surface area contributed by atoms with Crippen molar-refractivity contribution in [3.05, 3.63) is 23.5 Å². The molecule has 8 heteroatoms. The van der Waals surface area contributed by atoms with Crippen LogP contribution in [0.15, 0.2) is 12.3 Å². The third-order valence-corrected chi connectivity index (χ3v) is 6.26. The Morgan fingerprint density at radius 1 is 1.31 bits per heavy atom. The molecule has 0 spiro atoms. The molecule has 8 nitrogen and oxygen atoms in total. The van der Waals surface area contributed by atoms with Gasteiger partial charge in [0.15, 0.2) is 5.65 Å². The summed E-state index contributed by atoms with van der Waals surface area (Å²) in [6.07, 6.45) is 5.19. The molecule has 2 atom stereocenters. The van der Waals surface area contributed by atoms with E-state index in [-0.39, 0.29) is 17.9 Å². The minimum atomic E-state index is -0.572. The summed E-state index contributed by atoms with van der Waals surface area (Å²) in [5, 5.41) is 11.4. The fourth-order valence-electron chi connectivity index (χ4n) is 4.42. The Morgan fingerprint density at radius 2 is 2.03 bits per heavy atom. The lowest BCUT2D eigenvalue weighted by atomic mass is 9.73. The Hall–Kier alpha value is -2.64. The maximum Gasteiger partial charge on any atom is 0.407 e. The van der Waals surface area contributed by atoms with Gasteiger partial charge in [0.05, 0.1) is 23.0 Å². The number of carbonyl (C=O) groups excluding carboxylic acids is 2. The van der Waals surface area contributed by atoms with E-state index >= 15 is 0 Å². The molecular weight excluding hydrogens is 406 g/mol. The van der Waals surface area contributed by atoms with Crippen molar-refractivity contribution in [1.82, 2.24) is 25.4 Å². The number of hydrogen-bond acceptors (Lipinski definition) is 5. The number of fused-ring (bicyclic) bond motifs is 1. The molecule has 1 fully saturated rings. The van der Waals surface area contributed by atoms with Crippen molar-refractivity contribution < 1.29 is 14.3 Å². The van der Waals surface area contributed by atoms with Gasteiger partial charge in [-0.25, -0.2) is 14.5 Å². The number of amides is 2.